The molecule has 0 unspecified atom stereocenters. The molecule has 0 aliphatic carbocycles. The summed E-state index contributed by atoms with van der Waals surface area (Å²) in [5, 5.41) is 0. The van der Waals surface area contributed by atoms with Gasteiger partial charge in [-0.1, -0.05) is 77.1 Å². The number of hydrogen-bond acceptors (Lipinski definition) is 0. The fraction of sp³-hybridized carbons (Fsp3) is 0.647. The van der Waals surface area contributed by atoms with E-state index in [1.165, 1.54) is 49.7 Å². The fourth-order valence-electron chi connectivity index (χ4n) is 2.64. The Morgan fingerprint density at radius 1 is 0.941 bits per heavy atom. The van der Waals surface area contributed by atoms with Crippen LogP contribution in [0.2, 0.25) is 0 Å². The normalized spacial score (nSPS) is 11.8. The van der Waals surface area contributed by atoms with Gasteiger partial charge >= 0.3 is 0 Å². The van der Waals surface area contributed by atoms with Crippen LogP contribution in [-0.4, -0.2) is 0 Å². The van der Waals surface area contributed by atoms with Crippen molar-refractivity contribution in [2.45, 2.75) is 71.6 Å². The molecular weight excluding hydrogens is 204 g/mol. The van der Waals surface area contributed by atoms with Gasteiger partial charge in [0.15, 0.2) is 0 Å². The summed E-state index contributed by atoms with van der Waals surface area (Å²) < 4.78 is 0. The second-order valence-electron chi connectivity index (χ2n) is 5.86. The van der Waals surface area contributed by atoms with E-state index in [2.05, 4.69) is 52.0 Å². The van der Waals surface area contributed by atoms with E-state index < -0.39 is 0 Å². The van der Waals surface area contributed by atoms with Gasteiger partial charge in [0.25, 0.3) is 0 Å². The fourth-order valence-corrected chi connectivity index (χ4v) is 2.64. The third kappa shape index (κ3) is 4.53. The van der Waals surface area contributed by atoms with Gasteiger partial charge in [0.05, 0.1) is 0 Å². The Balaban J connectivity index is 2.48. The summed E-state index contributed by atoms with van der Waals surface area (Å²) in [6.45, 7) is 9.27. The molecule has 0 heteroatoms. The van der Waals surface area contributed by atoms with Crippen LogP contribution in [0.5, 0.6) is 0 Å². The van der Waals surface area contributed by atoms with E-state index in [0.717, 1.165) is 0 Å². The van der Waals surface area contributed by atoms with E-state index in [1.54, 1.807) is 0 Å². The minimum absolute atomic E-state index is 0.331. The monoisotopic (exact) mass is 232 g/mol. The first-order valence-corrected chi connectivity index (χ1v) is 7.14. The van der Waals surface area contributed by atoms with Crippen molar-refractivity contribution in [3.8, 4) is 0 Å². The maximum Gasteiger partial charge on any atom is -0.0101 e. The number of benzene rings is 1. The molecule has 0 aliphatic rings. The molecule has 1 aromatic carbocycles. The molecule has 0 saturated carbocycles. The lowest BCUT2D eigenvalue weighted by Gasteiger charge is -2.27. The van der Waals surface area contributed by atoms with Crippen molar-refractivity contribution in [3.05, 3.63) is 35.4 Å². The lowest BCUT2D eigenvalue weighted by Crippen LogP contribution is -2.18. The third-order valence-corrected chi connectivity index (χ3v) is 3.78. The average molecular weight is 232 g/mol. The quantitative estimate of drug-likeness (QED) is 0.534. The van der Waals surface area contributed by atoms with Gasteiger partial charge in [-0.2, -0.15) is 0 Å². The molecule has 0 aromatic heterocycles. The molecule has 0 fully saturated rings. The first-order valence-electron chi connectivity index (χ1n) is 7.14. The number of unbranched alkanes of at least 4 members (excludes halogenated alkanes) is 4. The first-order chi connectivity index (χ1) is 8.08. The zero-order valence-electron chi connectivity index (χ0n) is 12.1. The van der Waals surface area contributed by atoms with Gasteiger partial charge in [-0.15, -0.1) is 0 Å². The summed E-state index contributed by atoms with van der Waals surface area (Å²) in [7, 11) is 0. The van der Waals surface area contributed by atoms with Crippen LogP contribution < -0.4 is 0 Å². The highest BCUT2D eigenvalue weighted by atomic mass is 14.3. The van der Waals surface area contributed by atoms with Crippen LogP contribution in [0.3, 0.4) is 0 Å². The van der Waals surface area contributed by atoms with Gasteiger partial charge in [-0.25, -0.2) is 0 Å². The van der Waals surface area contributed by atoms with Gasteiger partial charge in [0.2, 0.25) is 0 Å². The molecule has 0 saturated heterocycles. The van der Waals surface area contributed by atoms with Crippen LogP contribution in [0.1, 0.15) is 70.4 Å². The molecule has 0 bridgehead atoms. The summed E-state index contributed by atoms with van der Waals surface area (Å²) in [6, 6.07) is 8.83. The molecule has 96 valence electrons. The Kier molecular flexibility index (Phi) is 5.74. The third-order valence-electron chi connectivity index (χ3n) is 3.78. The van der Waals surface area contributed by atoms with E-state index in [4.69, 9.17) is 0 Å². The van der Waals surface area contributed by atoms with Gasteiger partial charge in [0.1, 0.15) is 0 Å². The highest BCUT2D eigenvalue weighted by molar-refractivity contribution is 5.32. The minimum atomic E-state index is 0.331. The molecule has 1 rings (SSSR count). The zero-order chi connectivity index (χ0) is 12.7. The van der Waals surface area contributed by atoms with Crippen molar-refractivity contribution in [1.82, 2.24) is 0 Å². The van der Waals surface area contributed by atoms with E-state index in [9.17, 15) is 0 Å². The second kappa shape index (κ2) is 6.83. The predicted molar refractivity (Wildman–Crippen MR) is 77.6 cm³/mol. The maximum atomic E-state index is 2.38. The maximum absolute atomic E-state index is 2.38. The van der Waals surface area contributed by atoms with E-state index >= 15 is 0 Å². The van der Waals surface area contributed by atoms with Crippen molar-refractivity contribution in [2.24, 2.45) is 0 Å². The van der Waals surface area contributed by atoms with Crippen LogP contribution in [0, 0.1) is 6.92 Å². The highest BCUT2D eigenvalue weighted by Gasteiger charge is 2.21. The summed E-state index contributed by atoms with van der Waals surface area (Å²) in [4.78, 5) is 0. The van der Waals surface area contributed by atoms with Crippen LogP contribution >= 0.6 is 0 Å². The average Bonchev–Trinajstić information content (AvgIpc) is 2.29. The lowest BCUT2D eigenvalue weighted by molar-refractivity contribution is 0.442. The van der Waals surface area contributed by atoms with E-state index in [-0.39, 0.29) is 0 Å². The van der Waals surface area contributed by atoms with Crippen LogP contribution in [0.15, 0.2) is 24.3 Å². The molecule has 0 aliphatic heterocycles. The summed E-state index contributed by atoms with van der Waals surface area (Å²) in [5.41, 5.74) is 3.29. The Hall–Kier alpha value is -0.780. The molecule has 0 spiro atoms. The topological polar surface area (TPSA) is 0 Å². The number of hydrogen-bond donors (Lipinski definition) is 0. The smallest absolute Gasteiger partial charge is 0.0101 e. The van der Waals surface area contributed by atoms with Crippen LogP contribution in [0.25, 0.3) is 0 Å². The van der Waals surface area contributed by atoms with Crippen molar-refractivity contribution in [1.29, 1.82) is 0 Å². The molecule has 0 nitrogen and oxygen atoms in total. The Morgan fingerprint density at radius 3 is 2.24 bits per heavy atom. The van der Waals surface area contributed by atoms with Crippen molar-refractivity contribution < 1.29 is 0 Å². The Labute approximate surface area is 107 Å². The van der Waals surface area contributed by atoms with Crippen molar-refractivity contribution in [3.63, 3.8) is 0 Å². The molecule has 0 N–H and O–H groups in total. The van der Waals surface area contributed by atoms with Gasteiger partial charge in [-0.05, 0) is 29.9 Å². The molecule has 1 aromatic rings. The highest BCUT2D eigenvalue weighted by Crippen LogP contribution is 2.31. The molecule has 0 amide bonds. The van der Waals surface area contributed by atoms with Gasteiger partial charge in [0, 0.05) is 0 Å². The Morgan fingerprint density at radius 2 is 1.59 bits per heavy atom. The Bertz CT molecular complexity index is 323. The number of aryl methyl sites for hydroxylation is 1. The zero-order valence-corrected chi connectivity index (χ0v) is 12.1. The largest absolute Gasteiger partial charge is 0.0654 e. The molecule has 0 atom stereocenters. The summed E-state index contributed by atoms with van der Waals surface area (Å²) in [5.74, 6) is 0. The van der Waals surface area contributed by atoms with Gasteiger partial charge in [-0.3, -0.25) is 0 Å². The minimum Gasteiger partial charge on any atom is -0.0654 e. The van der Waals surface area contributed by atoms with E-state index in [0.29, 0.717) is 5.41 Å². The molecule has 17 heavy (non-hydrogen) atoms. The summed E-state index contributed by atoms with van der Waals surface area (Å²) in [6.07, 6.45) is 8.19. The molecular formula is C17H28. The second-order valence-corrected chi connectivity index (χ2v) is 5.86. The van der Waals surface area contributed by atoms with Crippen molar-refractivity contribution >= 4 is 0 Å². The standard InChI is InChI=1S/C17H28/c1-5-6-7-8-11-14-17(3,4)16-13-10-9-12-15(16)2/h9-10,12-13H,5-8,11,14H2,1-4H3. The summed E-state index contributed by atoms with van der Waals surface area (Å²) >= 11 is 0. The first kappa shape index (κ1) is 14.3. The predicted octanol–water partition coefficient (Wildman–Crippen LogP) is 5.63. The lowest BCUT2D eigenvalue weighted by atomic mass is 9.78. The molecule has 0 heterocycles. The molecule has 0 radical (unpaired) electrons. The van der Waals surface area contributed by atoms with Crippen LogP contribution in [0.4, 0.5) is 0 Å². The van der Waals surface area contributed by atoms with E-state index in [1.807, 2.05) is 0 Å². The van der Waals surface area contributed by atoms with Crippen molar-refractivity contribution in [2.75, 3.05) is 0 Å². The van der Waals surface area contributed by atoms with Gasteiger partial charge < -0.3 is 0 Å². The number of rotatable bonds is 7. The SMILES string of the molecule is CCCCCCCC(C)(C)c1ccccc1C. The van der Waals surface area contributed by atoms with Crippen LogP contribution in [-0.2, 0) is 5.41 Å².